The molecule has 0 spiro atoms. The number of carbonyl (C=O) groups excluding carboxylic acids is 2. The number of carbonyl (C=O) groups is 2. The van der Waals surface area contributed by atoms with Crippen LogP contribution in [-0.4, -0.2) is 36.2 Å². The predicted octanol–water partition coefficient (Wildman–Crippen LogP) is 4.78. The van der Waals surface area contributed by atoms with Crippen molar-refractivity contribution in [1.82, 2.24) is 5.16 Å². The highest BCUT2D eigenvalue weighted by atomic mass is 16.5. The Morgan fingerprint density at radius 2 is 1.69 bits per heavy atom. The first-order valence-corrected chi connectivity index (χ1v) is 10.9. The fourth-order valence-corrected chi connectivity index (χ4v) is 4.37. The first kappa shape index (κ1) is 22.2. The smallest absolute Gasteiger partial charge is 0.301 e. The number of anilines is 1. The molecule has 1 aliphatic rings. The first-order valence-electron chi connectivity index (χ1n) is 10.9. The van der Waals surface area contributed by atoms with E-state index in [0.29, 0.717) is 28.4 Å². The number of hydrogen-bond acceptors (Lipinski definition) is 7. The number of ketones is 1. The molecule has 1 saturated heterocycles. The number of nitrogens with zero attached hydrogens (tertiary/aromatic N) is 2. The molecule has 1 fully saturated rings. The van der Waals surface area contributed by atoms with Gasteiger partial charge in [0.25, 0.3) is 5.78 Å². The number of rotatable bonds is 5. The Bertz CT molecular complexity index is 1500. The van der Waals surface area contributed by atoms with Crippen molar-refractivity contribution in [3.63, 3.8) is 0 Å². The van der Waals surface area contributed by atoms with Crippen molar-refractivity contribution >= 4 is 34.0 Å². The van der Waals surface area contributed by atoms with E-state index in [1.54, 1.807) is 43.3 Å². The minimum absolute atomic E-state index is 0.0573. The Morgan fingerprint density at radius 3 is 2.37 bits per heavy atom. The van der Waals surface area contributed by atoms with Gasteiger partial charge in [-0.15, -0.1) is 0 Å². The van der Waals surface area contributed by atoms with Gasteiger partial charge in [0.15, 0.2) is 17.3 Å². The molecular formula is C27H22N2O6. The lowest BCUT2D eigenvalue weighted by Crippen LogP contribution is -2.29. The number of benzene rings is 3. The van der Waals surface area contributed by atoms with Crippen molar-refractivity contribution in [2.75, 3.05) is 19.1 Å². The number of aliphatic hydroxyl groups is 1. The average molecular weight is 470 g/mol. The molecule has 8 nitrogen and oxygen atoms in total. The van der Waals surface area contributed by atoms with Gasteiger partial charge in [0, 0.05) is 11.6 Å². The lowest BCUT2D eigenvalue weighted by Gasteiger charge is -2.23. The molecular weight excluding hydrogens is 448 g/mol. The summed E-state index contributed by atoms with van der Waals surface area (Å²) in [5, 5.41) is 17.2. The van der Waals surface area contributed by atoms with Crippen LogP contribution in [0.2, 0.25) is 0 Å². The zero-order chi connectivity index (χ0) is 24.7. The maximum atomic E-state index is 13.3. The lowest BCUT2D eigenvalue weighted by molar-refractivity contribution is -0.132. The molecule has 1 amide bonds. The second kappa shape index (κ2) is 8.64. The largest absolute Gasteiger partial charge is 0.507 e. The summed E-state index contributed by atoms with van der Waals surface area (Å²) < 4.78 is 15.9. The van der Waals surface area contributed by atoms with Gasteiger partial charge in [-0.25, -0.2) is 0 Å². The maximum absolute atomic E-state index is 13.3. The number of methoxy groups -OCH3 is 2. The summed E-state index contributed by atoms with van der Waals surface area (Å²) in [7, 11) is 3.01. The third kappa shape index (κ3) is 3.69. The normalized spacial score (nSPS) is 17.2. The van der Waals surface area contributed by atoms with Gasteiger partial charge in [0.2, 0.25) is 0 Å². The van der Waals surface area contributed by atoms with Crippen LogP contribution >= 0.6 is 0 Å². The van der Waals surface area contributed by atoms with E-state index < -0.39 is 17.7 Å². The quantitative estimate of drug-likeness (QED) is 0.254. The van der Waals surface area contributed by atoms with Gasteiger partial charge in [-0.2, -0.15) is 0 Å². The summed E-state index contributed by atoms with van der Waals surface area (Å²) in [5.41, 5.74) is 0.895. The van der Waals surface area contributed by atoms with E-state index in [1.807, 2.05) is 30.3 Å². The highest BCUT2D eigenvalue weighted by Gasteiger charge is 2.48. The summed E-state index contributed by atoms with van der Waals surface area (Å²) in [6, 6.07) is 18.7. The van der Waals surface area contributed by atoms with Crippen LogP contribution in [0.5, 0.6) is 11.5 Å². The predicted molar refractivity (Wildman–Crippen MR) is 130 cm³/mol. The monoisotopic (exact) mass is 470 g/mol. The van der Waals surface area contributed by atoms with E-state index in [1.165, 1.54) is 19.1 Å². The first-order chi connectivity index (χ1) is 16.9. The number of aliphatic hydroxyl groups excluding tert-OH is 1. The second-order valence-corrected chi connectivity index (χ2v) is 8.14. The van der Waals surface area contributed by atoms with Gasteiger partial charge < -0.3 is 19.1 Å². The van der Waals surface area contributed by atoms with Crippen LogP contribution in [0.3, 0.4) is 0 Å². The summed E-state index contributed by atoms with van der Waals surface area (Å²) >= 11 is 0. The van der Waals surface area contributed by atoms with Gasteiger partial charge in [-0.1, -0.05) is 47.6 Å². The van der Waals surface area contributed by atoms with Crippen LogP contribution in [0.25, 0.3) is 16.5 Å². The molecule has 3 aromatic carbocycles. The van der Waals surface area contributed by atoms with E-state index in [-0.39, 0.29) is 17.2 Å². The third-order valence-corrected chi connectivity index (χ3v) is 6.05. The van der Waals surface area contributed by atoms with Crippen LogP contribution < -0.4 is 14.4 Å². The number of amides is 1. The molecule has 1 aromatic heterocycles. The number of fused-ring (bicyclic) bond motifs is 1. The van der Waals surface area contributed by atoms with Crippen LogP contribution in [0, 0.1) is 6.92 Å². The van der Waals surface area contributed by atoms with Crippen molar-refractivity contribution < 1.29 is 28.7 Å². The summed E-state index contributed by atoms with van der Waals surface area (Å²) in [4.78, 5) is 27.8. The molecule has 1 unspecified atom stereocenters. The molecule has 35 heavy (non-hydrogen) atoms. The molecule has 5 rings (SSSR count). The summed E-state index contributed by atoms with van der Waals surface area (Å²) in [6.45, 7) is 1.69. The van der Waals surface area contributed by atoms with Crippen LogP contribution in [0.15, 0.2) is 76.8 Å². The summed E-state index contributed by atoms with van der Waals surface area (Å²) in [5.74, 6) is -0.379. The summed E-state index contributed by atoms with van der Waals surface area (Å²) in [6.07, 6.45) is 0. The van der Waals surface area contributed by atoms with Crippen molar-refractivity contribution in [3.05, 3.63) is 89.2 Å². The third-order valence-electron chi connectivity index (χ3n) is 6.05. The Balaban J connectivity index is 1.74. The zero-order valence-corrected chi connectivity index (χ0v) is 19.3. The SMILES string of the molecule is COc1ccc(C2C(=C(O)c3ccc4ccccc4c3)C(=O)C(=O)N2c2cc(C)on2)cc1OC. The van der Waals surface area contributed by atoms with Gasteiger partial charge in [0.1, 0.15) is 11.5 Å². The molecule has 8 heteroatoms. The maximum Gasteiger partial charge on any atom is 0.301 e. The van der Waals surface area contributed by atoms with Crippen LogP contribution in [-0.2, 0) is 9.59 Å². The van der Waals surface area contributed by atoms with Gasteiger partial charge in [0.05, 0.1) is 25.8 Å². The van der Waals surface area contributed by atoms with Gasteiger partial charge in [-0.3, -0.25) is 14.5 Å². The van der Waals surface area contributed by atoms with E-state index >= 15 is 0 Å². The van der Waals surface area contributed by atoms with E-state index in [2.05, 4.69) is 5.16 Å². The number of aryl methyl sites for hydroxylation is 1. The zero-order valence-electron chi connectivity index (χ0n) is 19.3. The number of Topliss-reactive ketones (excluding diaryl/α,β-unsaturated/α-hetero) is 1. The van der Waals surface area contributed by atoms with Crippen molar-refractivity contribution in [2.45, 2.75) is 13.0 Å². The molecule has 0 bridgehead atoms. The fraction of sp³-hybridized carbons (Fsp3) is 0.148. The fourth-order valence-electron chi connectivity index (χ4n) is 4.37. The van der Waals surface area contributed by atoms with E-state index in [0.717, 1.165) is 10.8 Å². The molecule has 1 N–H and O–H groups in total. The Morgan fingerprint density at radius 1 is 0.943 bits per heavy atom. The molecule has 1 atom stereocenters. The minimum Gasteiger partial charge on any atom is -0.507 e. The van der Waals surface area contributed by atoms with E-state index in [4.69, 9.17) is 14.0 Å². The molecule has 4 aromatic rings. The lowest BCUT2D eigenvalue weighted by atomic mass is 9.94. The van der Waals surface area contributed by atoms with Crippen LogP contribution in [0.1, 0.15) is 22.9 Å². The topological polar surface area (TPSA) is 102 Å². The van der Waals surface area contributed by atoms with Crippen molar-refractivity contribution in [1.29, 1.82) is 0 Å². The highest BCUT2D eigenvalue weighted by Crippen LogP contribution is 2.44. The average Bonchev–Trinajstić information content (AvgIpc) is 3.42. The van der Waals surface area contributed by atoms with Crippen molar-refractivity contribution in [3.8, 4) is 11.5 Å². The Kier molecular flexibility index (Phi) is 5.49. The molecule has 0 saturated carbocycles. The standard InChI is InChI=1S/C27H22N2O6/c1-15-12-22(28-35-15)29-24(18-10-11-20(33-2)21(14-18)34-3)23(26(31)27(29)32)25(30)19-9-8-16-6-4-5-7-17(16)13-19/h4-14,24,30H,1-3H3. The van der Waals surface area contributed by atoms with E-state index in [9.17, 15) is 14.7 Å². The number of ether oxygens (including phenoxy) is 2. The molecule has 176 valence electrons. The Labute approximate surface area is 201 Å². The van der Waals surface area contributed by atoms with Gasteiger partial charge in [-0.05, 0) is 41.5 Å². The molecule has 0 radical (unpaired) electrons. The van der Waals surface area contributed by atoms with Crippen molar-refractivity contribution in [2.24, 2.45) is 0 Å². The molecule has 1 aliphatic heterocycles. The Hall–Kier alpha value is -4.59. The highest BCUT2D eigenvalue weighted by molar-refractivity contribution is 6.51. The number of aromatic nitrogens is 1. The second-order valence-electron chi connectivity index (χ2n) is 8.14. The number of hydrogen-bond donors (Lipinski definition) is 1. The molecule has 0 aliphatic carbocycles. The minimum atomic E-state index is -0.967. The van der Waals surface area contributed by atoms with Gasteiger partial charge >= 0.3 is 5.91 Å². The van der Waals surface area contributed by atoms with Crippen LogP contribution in [0.4, 0.5) is 5.82 Å². The molecule has 2 heterocycles.